The van der Waals surface area contributed by atoms with Gasteiger partial charge in [0.2, 0.25) is 5.91 Å². The van der Waals surface area contributed by atoms with E-state index in [-0.39, 0.29) is 5.91 Å². The van der Waals surface area contributed by atoms with Crippen molar-refractivity contribution in [3.63, 3.8) is 0 Å². The second-order valence-electron chi connectivity index (χ2n) is 4.70. The largest absolute Gasteiger partial charge is 0.399 e. The van der Waals surface area contributed by atoms with Crippen LogP contribution in [0.4, 0.5) is 5.69 Å². The fourth-order valence-corrected chi connectivity index (χ4v) is 3.44. The molecule has 0 radical (unpaired) electrons. The van der Waals surface area contributed by atoms with Gasteiger partial charge in [0.25, 0.3) is 0 Å². The van der Waals surface area contributed by atoms with E-state index in [0.717, 1.165) is 30.7 Å². The minimum absolute atomic E-state index is 0.138. The van der Waals surface area contributed by atoms with Gasteiger partial charge in [-0.1, -0.05) is 17.7 Å². The lowest BCUT2D eigenvalue weighted by molar-refractivity contribution is -0.126. The molecule has 1 aromatic rings. The van der Waals surface area contributed by atoms with Crippen LogP contribution in [0, 0.1) is 0 Å². The van der Waals surface area contributed by atoms with E-state index in [1.165, 1.54) is 17.5 Å². The Morgan fingerprint density at radius 2 is 2.30 bits per heavy atom. The van der Waals surface area contributed by atoms with Gasteiger partial charge in [0.1, 0.15) is 0 Å². The molecule has 0 saturated carbocycles. The van der Waals surface area contributed by atoms with Crippen LogP contribution in [0.3, 0.4) is 0 Å². The summed E-state index contributed by atoms with van der Waals surface area (Å²) in [6.45, 7) is 2.73. The second-order valence-corrected chi connectivity index (χ2v) is 6.13. The summed E-state index contributed by atoms with van der Waals surface area (Å²) in [6, 6.07) is 5.38. The van der Waals surface area contributed by atoms with Crippen molar-refractivity contribution >= 4 is 35.0 Å². The maximum Gasteiger partial charge on any atom is 0.237 e. The Kier molecular flexibility index (Phi) is 5.38. The lowest BCUT2D eigenvalue weighted by atomic mass is 10.3. The SMILES string of the molecule is CCN(C(=O)CSc1ccc(N)cc1Cl)C1=CCCC1. The Labute approximate surface area is 129 Å². The first-order valence-electron chi connectivity index (χ1n) is 6.79. The van der Waals surface area contributed by atoms with Crippen LogP contribution >= 0.6 is 23.4 Å². The maximum atomic E-state index is 12.3. The summed E-state index contributed by atoms with van der Waals surface area (Å²) in [5, 5.41) is 0.603. The molecule has 0 spiro atoms. The van der Waals surface area contributed by atoms with E-state index < -0.39 is 0 Å². The number of nitrogen functional groups attached to an aromatic ring is 1. The van der Waals surface area contributed by atoms with Crippen LogP contribution in [0.15, 0.2) is 34.9 Å². The molecular formula is C15H19ClN2OS. The highest BCUT2D eigenvalue weighted by atomic mass is 35.5. The van der Waals surface area contributed by atoms with Crippen LogP contribution in [-0.4, -0.2) is 23.1 Å². The number of carbonyl (C=O) groups is 1. The minimum atomic E-state index is 0.138. The van der Waals surface area contributed by atoms with Crippen LogP contribution in [0.1, 0.15) is 26.2 Å². The molecule has 2 N–H and O–H groups in total. The lowest BCUT2D eigenvalue weighted by Crippen LogP contribution is -2.31. The number of anilines is 1. The molecular weight excluding hydrogens is 292 g/mol. The van der Waals surface area contributed by atoms with Crippen LogP contribution < -0.4 is 5.73 Å². The summed E-state index contributed by atoms with van der Waals surface area (Å²) >= 11 is 7.58. The van der Waals surface area contributed by atoms with Gasteiger partial charge in [0.05, 0.1) is 10.8 Å². The van der Waals surface area contributed by atoms with Gasteiger partial charge in [0, 0.05) is 22.8 Å². The Morgan fingerprint density at radius 1 is 1.50 bits per heavy atom. The Balaban J connectivity index is 1.97. The molecule has 5 heteroatoms. The number of carbonyl (C=O) groups excluding carboxylic acids is 1. The molecule has 0 fully saturated rings. The molecule has 0 aliphatic heterocycles. The predicted molar refractivity (Wildman–Crippen MR) is 85.9 cm³/mol. The third-order valence-electron chi connectivity index (χ3n) is 3.29. The van der Waals surface area contributed by atoms with Gasteiger partial charge in [-0.05, 0) is 44.4 Å². The van der Waals surface area contributed by atoms with Crippen molar-refractivity contribution in [3.05, 3.63) is 35.0 Å². The van der Waals surface area contributed by atoms with Gasteiger partial charge in [0.15, 0.2) is 0 Å². The molecule has 108 valence electrons. The fourth-order valence-electron chi connectivity index (χ4n) is 2.29. The highest BCUT2D eigenvalue weighted by Gasteiger charge is 2.18. The van der Waals surface area contributed by atoms with Crippen LogP contribution in [-0.2, 0) is 4.79 Å². The summed E-state index contributed by atoms with van der Waals surface area (Å²) in [5.74, 6) is 0.535. The summed E-state index contributed by atoms with van der Waals surface area (Å²) in [7, 11) is 0. The number of allylic oxidation sites excluding steroid dienone is 2. The van der Waals surface area contributed by atoms with Gasteiger partial charge in [-0.25, -0.2) is 0 Å². The third kappa shape index (κ3) is 3.70. The molecule has 20 heavy (non-hydrogen) atoms. The van der Waals surface area contributed by atoms with Crippen molar-refractivity contribution in [2.24, 2.45) is 0 Å². The number of nitrogens with zero attached hydrogens (tertiary/aromatic N) is 1. The predicted octanol–water partition coefficient (Wildman–Crippen LogP) is 3.93. The van der Waals surface area contributed by atoms with Gasteiger partial charge in [-0.2, -0.15) is 0 Å². The zero-order valence-electron chi connectivity index (χ0n) is 11.6. The van der Waals surface area contributed by atoms with Crippen molar-refractivity contribution in [2.45, 2.75) is 31.1 Å². The molecule has 2 rings (SSSR count). The molecule has 1 aliphatic rings. The van der Waals surface area contributed by atoms with Gasteiger partial charge in [-0.3, -0.25) is 4.79 Å². The molecule has 1 aliphatic carbocycles. The van der Waals surface area contributed by atoms with E-state index in [0.29, 0.717) is 16.5 Å². The zero-order valence-corrected chi connectivity index (χ0v) is 13.1. The average Bonchev–Trinajstić information content (AvgIpc) is 2.92. The summed E-state index contributed by atoms with van der Waals surface area (Å²) in [6.07, 6.45) is 5.40. The Hall–Kier alpha value is -1.13. The van der Waals surface area contributed by atoms with Gasteiger partial charge >= 0.3 is 0 Å². The van der Waals surface area contributed by atoms with Crippen LogP contribution in [0.2, 0.25) is 5.02 Å². The number of halogens is 1. The standard InChI is InChI=1S/C15H19ClN2OS/c1-2-18(12-5-3-4-6-12)15(19)10-20-14-8-7-11(17)9-13(14)16/h5,7-9H,2-4,6,10,17H2,1H3. The Morgan fingerprint density at radius 3 is 2.90 bits per heavy atom. The van der Waals surface area contributed by atoms with E-state index in [2.05, 4.69) is 6.08 Å². The molecule has 3 nitrogen and oxygen atoms in total. The van der Waals surface area contributed by atoms with E-state index in [1.54, 1.807) is 12.1 Å². The third-order valence-corrected chi connectivity index (χ3v) is 4.77. The maximum absolute atomic E-state index is 12.3. The second kappa shape index (κ2) is 7.04. The number of hydrogen-bond acceptors (Lipinski definition) is 3. The molecule has 0 bridgehead atoms. The summed E-state index contributed by atoms with van der Waals surface area (Å²) in [4.78, 5) is 15.1. The quantitative estimate of drug-likeness (QED) is 0.662. The average molecular weight is 311 g/mol. The summed E-state index contributed by atoms with van der Waals surface area (Å²) < 4.78 is 0. The first-order valence-corrected chi connectivity index (χ1v) is 8.15. The van der Waals surface area contributed by atoms with Crippen molar-refractivity contribution in [3.8, 4) is 0 Å². The highest BCUT2D eigenvalue weighted by molar-refractivity contribution is 8.00. The van der Waals surface area contributed by atoms with E-state index in [4.69, 9.17) is 17.3 Å². The van der Waals surface area contributed by atoms with Gasteiger partial charge in [-0.15, -0.1) is 11.8 Å². The Bertz CT molecular complexity index is 531. The first-order chi connectivity index (χ1) is 9.61. The van der Waals surface area contributed by atoms with Crippen molar-refractivity contribution in [2.75, 3.05) is 18.0 Å². The minimum Gasteiger partial charge on any atom is -0.399 e. The molecule has 0 saturated heterocycles. The van der Waals surface area contributed by atoms with Crippen molar-refractivity contribution in [1.29, 1.82) is 0 Å². The highest BCUT2D eigenvalue weighted by Crippen LogP contribution is 2.30. The number of amides is 1. The number of hydrogen-bond donors (Lipinski definition) is 1. The molecule has 0 unspecified atom stereocenters. The van der Waals surface area contributed by atoms with Crippen LogP contribution in [0.25, 0.3) is 0 Å². The molecule has 1 aromatic carbocycles. The van der Waals surface area contributed by atoms with Crippen molar-refractivity contribution in [1.82, 2.24) is 4.90 Å². The van der Waals surface area contributed by atoms with Crippen molar-refractivity contribution < 1.29 is 4.79 Å². The fraction of sp³-hybridized carbons (Fsp3) is 0.400. The lowest BCUT2D eigenvalue weighted by Gasteiger charge is -2.22. The monoisotopic (exact) mass is 310 g/mol. The first kappa shape index (κ1) is 15.3. The topological polar surface area (TPSA) is 46.3 Å². The molecule has 0 atom stereocenters. The number of rotatable bonds is 5. The van der Waals surface area contributed by atoms with E-state index in [9.17, 15) is 4.79 Å². The van der Waals surface area contributed by atoms with E-state index >= 15 is 0 Å². The normalized spacial score (nSPS) is 14.2. The smallest absolute Gasteiger partial charge is 0.237 e. The number of benzene rings is 1. The van der Waals surface area contributed by atoms with E-state index in [1.807, 2.05) is 17.9 Å². The number of thioether (sulfide) groups is 1. The molecule has 0 aromatic heterocycles. The van der Waals surface area contributed by atoms with Crippen LogP contribution in [0.5, 0.6) is 0 Å². The molecule has 1 amide bonds. The molecule has 0 heterocycles. The number of nitrogens with two attached hydrogens (primary N) is 1. The van der Waals surface area contributed by atoms with Gasteiger partial charge < -0.3 is 10.6 Å². The zero-order chi connectivity index (χ0) is 14.5. The summed E-state index contributed by atoms with van der Waals surface area (Å²) in [5.41, 5.74) is 7.46.